The second kappa shape index (κ2) is 6.16. The molecule has 0 aromatic heterocycles. The van der Waals surface area contributed by atoms with E-state index in [-0.39, 0.29) is 9.64 Å². The average molecular weight is 444 g/mol. The molecule has 1 aliphatic carbocycles. The molecular weight excluding hydrogens is 428 g/mol. The molecule has 0 radical (unpaired) electrons. The van der Waals surface area contributed by atoms with Crippen LogP contribution in [0.25, 0.3) is 0 Å². The van der Waals surface area contributed by atoms with Crippen LogP contribution in [0, 0.1) is 0 Å². The number of sulfonamides is 1. The Morgan fingerprint density at radius 1 is 1.35 bits per heavy atom. The fourth-order valence-corrected chi connectivity index (χ4v) is 6.91. The van der Waals surface area contributed by atoms with Crippen LogP contribution in [0.1, 0.15) is 19.3 Å². The van der Waals surface area contributed by atoms with Gasteiger partial charge in [-0.15, -0.1) is 0 Å². The van der Waals surface area contributed by atoms with E-state index in [1.165, 1.54) is 0 Å². The quantitative estimate of drug-likeness (QED) is 0.684. The third kappa shape index (κ3) is 3.35. The number of rotatable bonds is 5. The van der Waals surface area contributed by atoms with Gasteiger partial charge in [-0.05, 0) is 63.1 Å². The third-order valence-electron chi connectivity index (χ3n) is 3.57. The fraction of sp³-hybridized carbons (Fsp3) is 0.500. The van der Waals surface area contributed by atoms with Gasteiger partial charge in [0, 0.05) is 25.9 Å². The minimum atomic E-state index is -3.57. The Kier molecular flexibility index (Phi) is 5.11. The van der Waals surface area contributed by atoms with E-state index >= 15 is 0 Å². The highest BCUT2D eigenvalue weighted by atomic mass is 79.9. The van der Waals surface area contributed by atoms with E-state index in [2.05, 4.69) is 36.6 Å². The largest absolute Gasteiger partial charge is 0.399 e. The summed E-state index contributed by atoms with van der Waals surface area (Å²) in [4.78, 5) is 0.197. The van der Waals surface area contributed by atoms with Gasteiger partial charge in [0.25, 0.3) is 0 Å². The van der Waals surface area contributed by atoms with Crippen molar-refractivity contribution in [3.8, 4) is 0 Å². The molecule has 0 saturated heterocycles. The first-order valence-electron chi connectivity index (χ1n) is 6.09. The van der Waals surface area contributed by atoms with Gasteiger partial charge in [0.1, 0.15) is 4.90 Å². The molecule has 0 spiro atoms. The number of nitrogens with one attached hydrogen (secondary N) is 1. The Balaban J connectivity index is 2.23. The minimum Gasteiger partial charge on any atom is -0.399 e. The summed E-state index contributed by atoms with van der Waals surface area (Å²) >= 11 is 8.27. The Morgan fingerprint density at radius 2 is 1.90 bits per heavy atom. The fourth-order valence-electron chi connectivity index (χ4n) is 2.16. The lowest BCUT2D eigenvalue weighted by Crippen LogP contribution is -2.45. The molecule has 1 aliphatic rings. The SMILES string of the molecule is CSC1(CNS(=O)(=O)c2c(Br)cc(N)cc2Br)CCC1. The van der Waals surface area contributed by atoms with E-state index in [9.17, 15) is 8.42 Å². The van der Waals surface area contributed by atoms with Gasteiger partial charge in [-0.2, -0.15) is 11.8 Å². The van der Waals surface area contributed by atoms with Crippen LogP contribution in [-0.4, -0.2) is 26.0 Å². The maximum absolute atomic E-state index is 12.5. The van der Waals surface area contributed by atoms with Crippen molar-refractivity contribution in [1.29, 1.82) is 0 Å². The summed E-state index contributed by atoms with van der Waals surface area (Å²) in [6.45, 7) is 0.458. The van der Waals surface area contributed by atoms with Gasteiger partial charge in [0.15, 0.2) is 0 Å². The van der Waals surface area contributed by atoms with E-state index in [0.29, 0.717) is 21.2 Å². The first-order valence-corrected chi connectivity index (χ1v) is 10.4. The number of hydrogen-bond donors (Lipinski definition) is 2. The van der Waals surface area contributed by atoms with Gasteiger partial charge in [0.05, 0.1) is 0 Å². The molecule has 1 aromatic carbocycles. The molecule has 0 heterocycles. The predicted octanol–water partition coefficient (Wildman–Crippen LogP) is 3.36. The zero-order chi connectivity index (χ0) is 15.0. The lowest BCUT2D eigenvalue weighted by atomic mass is 9.84. The third-order valence-corrected chi connectivity index (χ3v) is 8.27. The lowest BCUT2D eigenvalue weighted by Gasteiger charge is -2.40. The first kappa shape index (κ1) is 16.6. The van der Waals surface area contributed by atoms with E-state index in [4.69, 9.17) is 5.73 Å². The Morgan fingerprint density at radius 3 is 2.30 bits per heavy atom. The van der Waals surface area contributed by atoms with Crippen LogP contribution in [0.5, 0.6) is 0 Å². The smallest absolute Gasteiger partial charge is 0.242 e. The normalized spacial score (nSPS) is 17.8. The van der Waals surface area contributed by atoms with Crippen LogP contribution < -0.4 is 10.5 Å². The zero-order valence-electron chi connectivity index (χ0n) is 10.9. The minimum absolute atomic E-state index is 0.0554. The van der Waals surface area contributed by atoms with Crippen molar-refractivity contribution in [1.82, 2.24) is 4.72 Å². The van der Waals surface area contributed by atoms with Gasteiger partial charge < -0.3 is 5.73 Å². The molecule has 2 rings (SSSR count). The number of halogens is 2. The van der Waals surface area contributed by atoms with Crippen molar-refractivity contribution in [3.63, 3.8) is 0 Å². The molecule has 4 nitrogen and oxygen atoms in total. The second-order valence-corrected chi connectivity index (χ2v) is 9.57. The molecule has 1 fully saturated rings. The van der Waals surface area contributed by atoms with Gasteiger partial charge >= 0.3 is 0 Å². The average Bonchev–Trinajstić information content (AvgIpc) is 2.25. The number of anilines is 1. The summed E-state index contributed by atoms with van der Waals surface area (Å²) in [6.07, 6.45) is 5.31. The summed E-state index contributed by atoms with van der Waals surface area (Å²) in [6, 6.07) is 3.18. The highest BCUT2D eigenvalue weighted by molar-refractivity contribution is 9.11. The van der Waals surface area contributed by atoms with Crippen LogP contribution in [-0.2, 0) is 10.0 Å². The number of nitrogens with two attached hydrogens (primary N) is 1. The van der Waals surface area contributed by atoms with E-state index in [1.54, 1.807) is 23.9 Å². The Bertz CT molecular complexity index is 587. The molecule has 0 amide bonds. The number of hydrogen-bond acceptors (Lipinski definition) is 4. The first-order chi connectivity index (χ1) is 9.30. The van der Waals surface area contributed by atoms with E-state index in [0.717, 1.165) is 19.3 Å². The standard InChI is InChI=1S/C12H16Br2N2O2S2/c1-19-12(3-2-4-12)7-16-20(17,18)11-9(13)5-8(15)6-10(11)14/h5-6,16H,2-4,7,15H2,1H3. The Hall–Kier alpha value is 0.240. The number of benzene rings is 1. The number of nitrogen functional groups attached to an aromatic ring is 1. The molecule has 112 valence electrons. The van der Waals surface area contributed by atoms with Crippen molar-refractivity contribution >= 4 is 59.3 Å². The summed E-state index contributed by atoms with van der Waals surface area (Å²) in [5.41, 5.74) is 6.19. The summed E-state index contributed by atoms with van der Waals surface area (Å²) < 4.78 is 28.6. The second-order valence-electron chi connectivity index (χ2n) is 4.88. The lowest BCUT2D eigenvalue weighted by molar-refractivity contribution is 0.362. The molecular formula is C12H16Br2N2O2S2. The molecule has 0 unspecified atom stereocenters. The topological polar surface area (TPSA) is 72.2 Å². The summed E-state index contributed by atoms with van der Waals surface area (Å²) in [5.74, 6) is 0. The van der Waals surface area contributed by atoms with Gasteiger partial charge in [-0.25, -0.2) is 13.1 Å². The molecule has 1 aromatic rings. The van der Waals surface area contributed by atoms with Gasteiger partial charge in [-0.1, -0.05) is 6.42 Å². The zero-order valence-corrected chi connectivity index (χ0v) is 15.8. The predicted molar refractivity (Wildman–Crippen MR) is 91.5 cm³/mol. The van der Waals surface area contributed by atoms with Crippen LogP contribution >= 0.6 is 43.6 Å². The van der Waals surface area contributed by atoms with Gasteiger partial charge in [0.2, 0.25) is 10.0 Å². The van der Waals surface area contributed by atoms with Crippen LogP contribution in [0.4, 0.5) is 5.69 Å². The molecule has 0 atom stereocenters. The molecule has 8 heteroatoms. The van der Waals surface area contributed by atoms with E-state index < -0.39 is 10.0 Å². The molecule has 1 saturated carbocycles. The summed E-state index contributed by atoms with van der Waals surface area (Å²) in [5, 5.41) is 0. The van der Waals surface area contributed by atoms with Crippen molar-refractivity contribution < 1.29 is 8.42 Å². The monoisotopic (exact) mass is 442 g/mol. The van der Waals surface area contributed by atoms with Crippen LogP contribution in [0.2, 0.25) is 0 Å². The van der Waals surface area contributed by atoms with Crippen molar-refractivity contribution in [2.75, 3.05) is 18.5 Å². The summed E-state index contributed by atoms with van der Waals surface area (Å²) in [7, 11) is -3.57. The van der Waals surface area contributed by atoms with Crippen molar-refractivity contribution in [3.05, 3.63) is 21.1 Å². The van der Waals surface area contributed by atoms with Gasteiger partial charge in [-0.3, -0.25) is 0 Å². The maximum atomic E-state index is 12.5. The van der Waals surface area contributed by atoms with Crippen LogP contribution in [0.3, 0.4) is 0 Å². The molecule has 20 heavy (non-hydrogen) atoms. The Labute approximate surface area is 140 Å². The molecule has 3 N–H and O–H groups in total. The highest BCUT2D eigenvalue weighted by Crippen LogP contribution is 2.42. The molecule has 0 aliphatic heterocycles. The van der Waals surface area contributed by atoms with Crippen LogP contribution in [0.15, 0.2) is 26.0 Å². The van der Waals surface area contributed by atoms with E-state index in [1.807, 2.05) is 6.26 Å². The number of thioether (sulfide) groups is 1. The maximum Gasteiger partial charge on any atom is 0.242 e. The highest BCUT2D eigenvalue weighted by Gasteiger charge is 2.37. The van der Waals surface area contributed by atoms with Crippen molar-refractivity contribution in [2.24, 2.45) is 0 Å². The van der Waals surface area contributed by atoms with Crippen molar-refractivity contribution in [2.45, 2.75) is 28.9 Å². The molecule has 0 bridgehead atoms.